The molecule has 1 N–H and O–H groups in total. The molecule has 1 unspecified atom stereocenters. The molecule has 0 saturated heterocycles. The van der Waals surface area contributed by atoms with E-state index < -0.39 is 0 Å². The number of nitrogens with one attached hydrogen (secondary N) is 1. The molecule has 0 bridgehead atoms. The predicted molar refractivity (Wildman–Crippen MR) is 78.1 cm³/mol. The summed E-state index contributed by atoms with van der Waals surface area (Å²) >= 11 is 5.93. The standard InChI is InChI=1S/C15H24ClNO/c1-4-15(5-2)17-10-12(3)18-11-13-7-6-8-14(16)9-13/h6-9,12,15,17H,4-5,10-11H2,1-3H3. The van der Waals surface area contributed by atoms with E-state index in [2.05, 4.69) is 26.1 Å². The van der Waals surface area contributed by atoms with Crippen LogP contribution in [0.1, 0.15) is 39.2 Å². The summed E-state index contributed by atoms with van der Waals surface area (Å²) < 4.78 is 5.80. The number of benzene rings is 1. The van der Waals surface area contributed by atoms with Gasteiger partial charge in [-0.3, -0.25) is 0 Å². The van der Waals surface area contributed by atoms with E-state index in [1.165, 1.54) is 0 Å². The lowest BCUT2D eigenvalue weighted by Crippen LogP contribution is -2.34. The molecule has 0 heterocycles. The first-order valence-corrected chi connectivity index (χ1v) is 7.12. The molecule has 0 aliphatic heterocycles. The van der Waals surface area contributed by atoms with Crippen molar-refractivity contribution in [3.63, 3.8) is 0 Å². The van der Waals surface area contributed by atoms with E-state index >= 15 is 0 Å². The van der Waals surface area contributed by atoms with Gasteiger partial charge in [0.1, 0.15) is 0 Å². The van der Waals surface area contributed by atoms with Crippen molar-refractivity contribution in [1.29, 1.82) is 0 Å². The normalized spacial score (nSPS) is 12.9. The highest BCUT2D eigenvalue weighted by Crippen LogP contribution is 2.12. The molecule has 0 spiro atoms. The molecule has 1 rings (SSSR count). The molecule has 0 amide bonds. The van der Waals surface area contributed by atoms with Gasteiger partial charge in [-0.25, -0.2) is 0 Å². The van der Waals surface area contributed by atoms with Gasteiger partial charge >= 0.3 is 0 Å². The van der Waals surface area contributed by atoms with E-state index in [0.717, 1.165) is 30.0 Å². The summed E-state index contributed by atoms with van der Waals surface area (Å²) in [4.78, 5) is 0. The van der Waals surface area contributed by atoms with Crippen molar-refractivity contribution in [1.82, 2.24) is 5.32 Å². The Morgan fingerprint density at radius 2 is 2.00 bits per heavy atom. The van der Waals surface area contributed by atoms with Crippen LogP contribution in [0.3, 0.4) is 0 Å². The maximum absolute atomic E-state index is 5.93. The van der Waals surface area contributed by atoms with E-state index in [4.69, 9.17) is 16.3 Å². The topological polar surface area (TPSA) is 21.3 Å². The van der Waals surface area contributed by atoms with E-state index in [-0.39, 0.29) is 6.10 Å². The molecule has 0 aromatic heterocycles. The number of hydrogen-bond acceptors (Lipinski definition) is 2. The third-order valence-electron chi connectivity index (χ3n) is 3.10. The van der Waals surface area contributed by atoms with Gasteiger partial charge < -0.3 is 10.1 Å². The van der Waals surface area contributed by atoms with Crippen LogP contribution in [0.4, 0.5) is 0 Å². The van der Waals surface area contributed by atoms with Crippen LogP contribution in [0.2, 0.25) is 5.02 Å². The Hall–Kier alpha value is -0.570. The maximum Gasteiger partial charge on any atom is 0.0721 e. The maximum atomic E-state index is 5.93. The fraction of sp³-hybridized carbons (Fsp3) is 0.600. The number of rotatable bonds is 8. The van der Waals surface area contributed by atoms with Gasteiger partial charge in [-0.2, -0.15) is 0 Å². The van der Waals surface area contributed by atoms with Crippen LogP contribution in [0, 0.1) is 0 Å². The highest BCUT2D eigenvalue weighted by molar-refractivity contribution is 6.30. The molecule has 102 valence electrons. The SMILES string of the molecule is CCC(CC)NCC(C)OCc1cccc(Cl)c1. The minimum absolute atomic E-state index is 0.213. The largest absolute Gasteiger partial charge is 0.373 e. The Labute approximate surface area is 116 Å². The third kappa shape index (κ3) is 5.85. The molecule has 0 saturated carbocycles. The minimum atomic E-state index is 0.213. The van der Waals surface area contributed by atoms with Crippen molar-refractivity contribution in [2.45, 2.75) is 52.4 Å². The Morgan fingerprint density at radius 1 is 1.28 bits per heavy atom. The smallest absolute Gasteiger partial charge is 0.0721 e. The Bertz CT molecular complexity index is 339. The zero-order valence-electron chi connectivity index (χ0n) is 11.6. The number of ether oxygens (including phenoxy) is 1. The van der Waals surface area contributed by atoms with Crippen molar-refractivity contribution in [2.75, 3.05) is 6.54 Å². The fourth-order valence-electron chi connectivity index (χ4n) is 1.83. The summed E-state index contributed by atoms with van der Waals surface area (Å²) in [7, 11) is 0. The summed E-state index contributed by atoms with van der Waals surface area (Å²) in [5, 5.41) is 4.28. The molecule has 0 aliphatic rings. The lowest BCUT2D eigenvalue weighted by molar-refractivity contribution is 0.0511. The summed E-state index contributed by atoms with van der Waals surface area (Å²) in [5.74, 6) is 0. The Morgan fingerprint density at radius 3 is 2.61 bits per heavy atom. The second-order valence-electron chi connectivity index (χ2n) is 4.67. The molecule has 1 aromatic rings. The minimum Gasteiger partial charge on any atom is -0.373 e. The molecular weight excluding hydrogens is 246 g/mol. The summed E-state index contributed by atoms with van der Waals surface area (Å²) in [6.45, 7) is 8.02. The van der Waals surface area contributed by atoms with Crippen molar-refractivity contribution >= 4 is 11.6 Å². The van der Waals surface area contributed by atoms with Crippen LogP contribution in [-0.2, 0) is 11.3 Å². The second-order valence-corrected chi connectivity index (χ2v) is 5.11. The van der Waals surface area contributed by atoms with Crippen LogP contribution in [0.25, 0.3) is 0 Å². The van der Waals surface area contributed by atoms with Gasteiger partial charge in [-0.05, 0) is 37.5 Å². The second kappa shape index (κ2) is 8.52. The molecule has 0 fully saturated rings. The van der Waals surface area contributed by atoms with Gasteiger partial charge in [0.15, 0.2) is 0 Å². The highest BCUT2D eigenvalue weighted by Gasteiger charge is 2.06. The summed E-state index contributed by atoms with van der Waals surface area (Å²) in [5.41, 5.74) is 1.12. The average Bonchev–Trinajstić information content (AvgIpc) is 2.37. The quantitative estimate of drug-likeness (QED) is 0.770. The first-order valence-electron chi connectivity index (χ1n) is 6.75. The van der Waals surface area contributed by atoms with Gasteiger partial charge in [-0.1, -0.05) is 37.6 Å². The number of hydrogen-bond donors (Lipinski definition) is 1. The summed E-state index contributed by atoms with van der Waals surface area (Å²) in [6, 6.07) is 8.41. The lowest BCUT2D eigenvalue weighted by atomic mass is 10.1. The van der Waals surface area contributed by atoms with Crippen molar-refractivity contribution in [3.8, 4) is 0 Å². The van der Waals surface area contributed by atoms with Gasteiger partial charge in [0, 0.05) is 17.6 Å². The highest BCUT2D eigenvalue weighted by atomic mass is 35.5. The molecule has 18 heavy (non-hydrogen) atoms. The van der Waals surface area contributed by atoms with Gasteiger partial charge in [0.05, 0.1) is 12.7 Å². The van der Waals surface area contributed by atoms with Crippen molar-refractivity contribution in [3.05, 3.63) is 34.9 Å². The first kappa shape index (κ1) is 15.5. The van der Waals surface area contributed by atoms with E-state index in [1.54, 1.807) is 0 Å². The van der Waals surface area contributed by atoms with Crippen LogP contribution in [0.5, 0.6) is 0 Å². The van der Waals surface area contributed by atoms with Crippen LogP contribution in [-0.4, -0.2) is 18.7 Å². The van der Waals surface area contributed by atoms with Crippen LogP contribution in [0.15, 0.2) is 24.3 Å². The van der Waals surface area contributed by atoms with Crippen molar-refractivity contribution in [2.24, 2.45) is 0 Å². The zero-order valence-corrected chi connectivity index (χ0v) is 12.3. The van der Waals surface area contributed by atoms with Gasteiger partial charge in [0.25, 0.3) is 0 Å². The Balaban J connectivity index is 2.26. The van der Waals surface area contributed by atoms with E-state index in [0.29, 0.717) is 12.6 Å². The zero-order chi connectivity index (χ0) is 13.4. The molecule has 0 aliphatic carbocycles. The fourth-order valence-corrected chi connectivity index (χ4v) is 2.05. The van der Waals surface area contributed by atoms with Gasteiger partial charge in [0.2, 0.25) is 0 Å². The van der Waals surface area contributed by atoms with E-state index in [9.17, 15) is 0 Å². The monoisotopic (exact) mass is 269 g/mol. The molecule has 0 radical (unpaired) electrons. The molecular formula is C15H24ClNO. The average molecular weight is 270 g/mol. The predicted octanol–water partition coefficient (Wildman–Crippen LogP) is 4.02. The number of halogens is 1. The lowest BCUT2D eigenvalue weighted by Gasteiger charge is -2.19. The third-order valence-corrected chi connectivity index (χ3v) is 3.34. The van der Waals surface area contributed by atoms with Gasteiger partial charge in [-0.15, -0.1) is 0 Å². The van der Waals surface area contributed by atoms with Crippen LogP contribution >= 0.6 is 11.6 Å². The van der Waals surface area contributed by atoms with Crippen LogP contribution < -0.4 is 5.32 Å². The molecule has 1 aromatic carbocycles. The van der Waals surface area contributed by atoms with E-state index in [1.807, 2.05) is 24.3 Å². The van der Waals surface area contributed by atoms with Crippen molar-refractivity contribution < 1.29 is 4.74 Å². The Kier molecular flexibility index (Phi) is 7.33. The molecule has 3 heteroatoms. The molecule has 1 atom stereocenters. The molecule has 2 nitrogen and oxygen atoms in total. The summed E-state index contributed by atoms with van der Waals surface area (Å²) in [6.07, 6.45) is 2.54. The first-order chi connectivity index (χ1) is 8.65.